The molecule has 1 aliphatic heterocycles. The topological polar surface area (TPSA) is 74.3 Å². The summed E-state index contributed by atoms with van der Waals surface area (Å²) in [7, 11) is 0. The minimum absolute atomic E-state index is 0.00211. The standard InChI is InChI=1S/C15H24N4O2S/c1-11-5-3-4-9-19(11)14(20)12(2)18-15(21)17-7-6-13-16-8-10-22-13/h8,10-12H,3-7,9H2,1-2H3,(H2,17,18,21)/t11-,12-/m1/s1. The molecule has 122 valence electrons. The van der Waals surface area contributed by atoms with Crippen molar-refractivity contribution in [2.45, 2.75) is 51.6 Å². The van der Waals surface area contributed by atoms with E-state index in [1.165, 1.54) is 6.42 Å². The average molecular weight is 324 g/mol. The monoisotopic (exact) mass is 324 g/mol. The molecule has 1 aliphatic rings. The minimum Gasteiger partial charge on any atom is -0.338 e. The fraction of sp³-hybridized carbons (Fsp3) is 0.667. The highest BCUT2D eigenvalue weighted by atomic mass is 32.1. The van der Waals surface area contributed by atoms with E-state index in [0.717, 1.165) is 24.4 Å². The summed E-state index contributed by atoms with van der Waals surface area (Å²) in [5, 5.41) is 8.39. The summed E-state index contributed by atoms with van der Waals surface area (Å²) >= 11 is 1.57. The van der Waals surface area contributed by atoms with Crippen LogP contribution in [0.2, 0.25) is 0 Å². The first-order chi connectivity index (χ1) is 10.6. The minimum atomic E-state index is -0.500. The van der Waals surface area contributed by atoms with Gasteiger partial charge in [-0.3, -0.25) is 4.79 Å². The molecular weight excluding hydrogens is 300 g/mol. The summed E-state index contributed by atoms with van der Waals surface area (Å²) in [5.41, 5.74) is 0. The number of rotatable bonds is 5. The Bertz CT molecular complexity index is 492. The lowest BCUT2D eigenvalue weighted by atomic mass is 10.0. The summed E-state index contributed by atoms with van der Waals surface area (Å²) in [6, 6.07) is -0.541. The van der Waals surface area contributed by atoms with Crippen molar-refractivity contribution in [2.24, 2.45) is 0 Å². The quantitative estimate of drug-likeness (QED) is 0.867. The fourth-order valence-corrected chi connectivity index (χ4v) is 3.26. The van der Waals surface area contributed by atoms with Crippen LogP contribution >= 0.6 is 11.3 Å². The van der Waals surface area contributed by atoms with E-state index in [1.54, 1.807) is 24.5 Å². The summed E-state index contributed by atoms with van der Waals surface area (Å²) in [5.74, 6) is 0.00211. The molecule has 2 N–H and O–H groups in total. The molecule has 6 nitrogen and oxygen atoms in total. The number of hydrogen-bond acceptors (Lipinski definition) is 4. The second-order valence-electron chi connectivity index (χ2n) is 5.67. The molecule has 3 amide bonds. The largest absolute Gasteiger partial charge is 0.338 e. The fourth-order valence-electron chi connectivity index (χ4n) is 2.64. The number of likely N-dealkylation sites (tertiary alicyclic amines) is 1. The number of nitrogens with zero attached hydrogens (tertiary/aromatic N) is 2. The van der Waals surface area contributed by atoms with Crippen molar-refractivity contribution in [3.05, 3.63) is 16.6 Å². The number of carbonyl (C=O) groups excluding carboxylic acids is 2. The van der Waals surface area contributed by atoms with Gasteiger partial charge < -0.3 is 15.5 Å². The highest BCUT2D eigenvalue weighted by molar-refractivity contribution is 7.09. The third-order valence-electron chi connectivity index (χ3n) is 3.91. The number of piperidine rings is 1. The Morgan fingerprint density at radius 1 is 1.50 bits per heavy atom. The predicted octanol–water partition coefficient (Wildman–Crippen LogP) is 1.77. The Morgan fingerprint density at radius 3 is 3.00 bits per heavy atom. The zero-order chi connectivity index (χ0) is 15.9. The third kappa shape index (κ3) is 4.69. The number of urea groups is 1. The second-order valence-corrected chi connectivity index (χ2v) is 6.65. The predicted molar refractivity (Wildman–Crippen MR) is 86.8 cm³/mol. The van der Waals surface area contributed by atoms with Gasteiger partial charge in [-0.2, -0.15) is 0 Å². The van der Waals surface area contributed by atoms with Crippen molar-refractivity contribution in [1.82, 2.24) is 20.5 Å². The van der Waals surface area contributed by atoms with Crippen molar-refractivity contribution in [3.63, 3.8) is 0 Å². The van der Waals surface area contributed by atoms with Crippen LogP contribution in [-0.4, -0.2) is 47.0 Å². The molecule has 1 aromatic heterocycles. The van der Waals surface area contributed by atoms with E-state index in [0.29, 0.717) is 13.0 Å². The van der Waals surface area contributed by atoms with Crippen LogP contribution in [-0.2, 0) is 11.2 Å². The second kappa shape index (κ2) is 8.12. The van der Waals surface area contributed by atoms with Crippen LogP contribution < -0.4 is 10.6 Å². The van der Waals surface area contributed by atoms with Crippen LogP contribution in [0.25, 0.3) is 0 Å². The van der Waals surface area contributed by atoms with Crippen molar-refractivity contribution in [3.8, 4) is 0 Å². The zero-order valence-corrected chi connectivity index (χ0v) is 14.0. The number of carbonyl (C=O) groups is 2. The van der Waals surface area contributed by atoms with Crippen LogP contribution in [0.4, 0.5) is 4.79 Å². The first kappa shape index (κ1) is 16.7. The molecule has 0 saturated carbocycles. The molecular formula is C15H24N4O2S. The van der Waals surface area contributed by atoms with Gasteiger partial charge in [0.25, 0.3) is 0 Å². The summed E-state index contributed by atoms with van der Waals surface area (Å²) in [6.07, 6.45) is 5.71. The number of hydrogen-bond donors (Lipinski definition) is 2. The molecule has 2 heterocycles. The van der Waals surface area contributed by atoms with Crippen LogP contribution in [0, 0.1) is 0 Å². The molecule has 22 heavy (non-hydrogen) atoms. The third-order valence-corrected chi connectivity index (χ3v) is 4.75. The van der Waals surface area contributed by atoms with Gasteiger partial charge in [-0.1, -0.05) is 0 Å². The molecule has 7 heteroatoms. The van der Waals surface area contributed by atoms with Gasteiger partial charge in [0.2, 0.25) is 5.91 Å². The highest BCUT2D eigenvalue weighted by Crippen LogP contribution is 2.17. The van der Waals surface area contributed by atoms with E-state index in [-0.39, 0.29) is 18.0 Å². The normalized spacial score (nSPS) is 19.5. The molecule has 2 atom stereocenters. The van der Waals surface area contributed by atoms with Crippen LogP contribution in [0.3, 0.4) is 0 Å². The number of thiazole rings is 1. The lowest BCUT2D eigenvalue weighted by Crippen LogP contribution is -2.53. The molecule has 1 fully saturated rings. The number of amides is 3. The molecule has 1 saturated heterocycles. The first-order valence-corrected chi connectivity index (χ1v) is 8.69. The number of aromatic nitrogens is 1. The Hall–Kier alpha value is -1.63. The van der Waals surface area contributed by atoms with Crippen molar-refractivity contribution in [2.75, 3.05) is 13.1 Å². The SMILES string of the molecule is C[C@@H]1CCCCN1C(=O)[C@@H](C)NC(=O)NCCc1nccs1. The summed E-state index contributed by atoms with van der Waals surface area (Å²) < 4.78 is 0. The Kier molecular flexibility index (Phi) is 6.18. The van der Waals surface area contributed by atoms with Crippen molar-refractivity contribution in [1.29, 1.82) is 0 Å². The van der Waals surface area contributed by atoms with E-state index in [1.807, 2.05) is 10.3 Å². The Labute approximate surface area is 135 Å². The summed E-state index contributed by atoms with van der Waals surface area (Å²) in [6.45, 7) is 5.11. The van der Waals surface area contributed by atoms with E-state index in [4.69, 9.17) is 0 Å². The lowest BCUT2D eigenvalue weighted by Gasteiger charge is -2.35. The van der Waals surface area contributed by atoms with Gasteiger partial charge >= 0.3 is 6.03 Å². The molecule has 0 radical (unpaired) electrons. The van der Waals surface area contributed by atoms with E-state index in [2.05, 4.69) is 22.5 Å². The van der Waals surface area contributed by atoms with Crippen LogP contribution in [0.15, 0.2) is 11.6 Å². The maximum atomic E-state index is 12.4. The van der Waals surface area contributed by atoms with Crippen LogP contribution in [0.1, 0.15) is 38.1 Å². The molecule has 0 spiro atoms. The maximum Gasteiger partial charge on any atom is 0.315 e. The van der Waals surface area contributed by atoms with Crippen molar-refractivity contribution < 1.29 is 9.59 Å². The van der Waals surface area contributed by atoms with Gasteiger partial charge in [0.1, 0.15) is 6.04 Å². The van der Waals surface area contributed by atoms with E-state index in [9.17, 15) is 9.59 Å². The smallest absolute Gasteiger partial charge is 0.315 e. The maximum absolute atomic E-state index is 12.4. The number of nitrogens with one attached hydrogen (secondary N) is 2. The Morgan fingerprint density at radius 2 is 2.32 bits per heavy atom. The van der Waals surface area contributed by atoms with Gasteiger partial charge in [-0.05, 0) is 33.1 Å². The highest BCUT2D eigenvalue weighted by Gasteiger charge is 2.27. The van der Waals surface area contributed by atoms with E-state index >= 15 is 0 Å². The molecule has 0 aromatic carbocycles. The van der Waals surface area contributed by atoms with Gasteiger partial charge in [0.15, 0.2) is 0 Å². The van der Waals surface area contributed by atoms with Gasteiger partial charge in [0.05, 0.1) is 5.01 Å². The average Bonchev–Trinajstić information content (AvgIpc) is 3.00. The lowest BCUT2D eigenvalue weighted by molar-refractivity contribution is -0.136. The summed E-state index contributed by atoms with van der Waals surface area (Å²) in [4.78, 5) is 30.3. The zero-order valence-electron chi connectivity index (χ0n) is 13.2. The molecule has 0 aliphatic carbocycles. The molecule has 1 aromatic rings. The van der Waals surface area contributed by atoms with Gasteiger partial charge in [-0.25, -0.2) is 9.78 Å². The van der Waals surface area contributed by atoms with Gasteiger partial charge in [-0.15, -0.1) is 11.3 Å². The van der Waals surface area contributed by atoms with Crippen LogP contribution in [0.5, 0.6) is 0 Å². The molecule has 2 rings (SSSR count). The Balaban J connectivity index is 1.71. The van der Waals surface area contributed by atoms with Gasteiger partial charge in [0, 0.05) is 37.1 Å². The molecule has 0 unspecified atom stereocenters. The van der Waals surface area contributed by atoms with Crippen molar-refractivity contribution >= 4 is 23.3 Å². The molecule has 0 bridgehead atoms. The van der Waals surface area contributed by atoms with E-state index < -0.39 is 6.04 Å². The first-order valence-electron chi connectivity index (χ1n) is 7.81.